The van der Waals surface area contributed by atoms with E-state index < -0.39 is 15.6 Å². The highest BCUT2D eigenvalue weighted by atomic mass is 32.2. The van der Waals surface area contributed by atoms with Crippen molar-refractivity contribution in [3.63, 3.8) is 0 Å². The first-order valence-corrected chi connectivity index (χ1v) is 18.4. The van der Waals surface area contributed by atoms with E-state index in [2.05, 4.69) is 46.1 Å². The average Bonchev–Trinajstić information content (AvgIpc) is 3.49. The number of likely N-dealkylation sites (N-methyl/N-ethyl adjacent to an activating group) is 2. The molecule has 12 nitrogen and oxygen atoms in total. The highest BCUT2D eigenvalue weighted by Crippen LogP contribution is 2.34. The summed E-state index contributed by atoms with van der Waals surface area (Å²) < 4.78 is 34.9. The number of piperazine rings is 1. The van der Waals surface area contributed by atoms with Crippen molar-refractivity contribution in [3.8, 4) is 0 Å². The molecule has 0 spiro atoms. The number of nitrogens with one attached hydrogen (secondary N) is 1. The molecule has 0 aliphatic carbocycles. The molecule has 4 aromatic rings. The van der Waals surface area contributed by atoms with Gasteiger partial charge in [0.25, 0.3) is 10.0 Å². The standard InChI is InChI=1S/C36H48N8O4S/c1-25-8-14-29(15-9-25)49(46,47)44-19-17-30-32(41(7)31-24-43(18-16-26(31)2)35(45)48-36(3,4)5)38-34(39-33(30)44)37-27-10-12-28(13-11-27)42-22-20-40(6)21-23-42/h8-15,17,19,26,31H,16,18,20-24H2,1-7H3,(H,37,38,39)/t26-,31+/m1/s1. The molecule has 1 N–H and O–H groups in total. The van der Waals surface area contributed by atoms with E-state index >= 15 is 0 Å². The minimum Gasteiger partial charge on any atom is -0.444 e. The molecule has 2 aromatic carbocycles. The van der Waals surface area contributed by atoms with Crippen molar-refractivity contribution in [3.05, 3.63) is 66.4 Å². The van der Waals surface area contributed by atoms with E-state index in [-0.39, 0.29) is 34.5 Å². The van der Waals surface area contributed by atoms with Crippen LogP contribution >= 0.6 is 0 Å². The number of hydrogen-bond donors (Lipinski definition) is 1. The van der Waals surface area contributed by atoms with Gasteiger partial charge in [-0.2, -0.15) is 9.97 Å². The molecule has 2 aromatic heterocycles. The molecule has 0 bridgehead atoms. The fraction of sp³-hybridized carbons (Fsp3) is 0.472. The van der Waals surface area contributed by atoms with E-state index in [0.29, 0.717) is 24.3 Å². The zero-order chi connectivity index (χ0) is 35.1. The Balaban J connectivity index is 1.37. The first kappa shape index (κ1) is 34.5. The molecule has 2 saturated heterocycles. The van der Waals surface area contributed by atoms with Crippen molar-refractivity contribution in [1.82, 2.24) is 23.7 Å². The van der Waals surface area contributed by atoms with Gasteiger partial charge in [-0.05, 0) is 89.5 Å². The van der Waals surface area contributed by atoms with Crippen LogP contribution in [0.25, 0.3) is 11.0 Å². The number of fused-ring (bicyclic) bond motifs is 1. The Morgan fingerprint density at radius 3 is 2.29 bits per heavy atom. The second-order valence-corrected chi connectivity index (χ2v) is 16.2. The van der Waals surface area contributed by atoms with E-state index in [0.717, 1.165) is 49.5 Å². The van der Waals surface area contributed by atoms with Crippen molar-refractivity contribution in [2.45, 2.75) is 57.6 Å². The molecule has 2 atom stereocenters. The first-order chi connectivity index (χ1) is 23.2. The lowest BCUT2D eigenvalue weighted by atomic mass is 9.92. The molecule has 6 rings (SSSR count). The molecule has 2 aliphatic rings. The Bertz CT molecular complexity index is 1900. The van der Waals surface area contributed by atoms with Gasteiger partial charge in [0, 0.05) is 63.9 Å². The number of ether oxygens (including phenoxy) is 1. The smallest absolute Gasteiger partial charge is 0.410 e. The van der Waals surface area contributed by atoms with E-state index in [1.807, 2.05) is 46.9 Å². The number of piperidine rings is 1. The Hall–Kier alpha value is -4.36. The molecule has 0 saturated carbocycles. The summed E-state index contributed by atoms with van der Waals surface area (Å²) in [5.74, 6) is 1.07. The number of rotatable bonds is 7. The second kappa shape index (κ2) is 13.5. The number of carbonyl (C=O) groups excluding carboxylic acids is 1. The van der Waals surface area contributed by atoms with Crippen LogP contribution < -0.4 is 15.1 Å². The van der Waals surface area contributed by atoms with E-state index in [1.165, 1.54) is 10.2 Å². The number of carbonyl (C=O) groups is 1. The van der Waals surface area contributed by atoms with Gasteiger partial charge in [0.1, 0.15) is 11.4 Å². The summed E-state index contributed by atoms with van der Waals surface area (Å²) in [6, 6.07) is 16.6. The first-order valence-electron chi connectivity index (χ1n) is 16.9. The van der Waals surface area contributed by atoms with Crippen molar-refractivity contribution in [2.75, 3.05) is 68.5 Å². The maximum Gasteiger partial charge on any atom is 0.410 e. The molecule has 49 heavy (non-hydrogen) atoms. The Labute approximate surface area is 289 Å². The SMILES string of the molecule is Cc1ccc(S(=O)(=O)n2ccc3c(N(C)[C@H]4CN(C(=O)OC(C)(C)C)CC[C@H]4C)nc(Nc4ccc(N5CCN(C)CC5)cc4)nc32)cc1. The summed E-state index contributed by atoms with van der Waals surface area (Å²) in [6.45, 7) is 14.7. The zero-order valence-electron chi connectivity index (χ0n) is 29.5. The second-order valence-electron chi connectivity index (χ2n) is 14.4. The van der Waals surface area contributed by atoms with Crippen LogP contribution in [-0.4, -0.2) is 103 Å². The summed E-state index contributed by atoms with van der Waals surface area (Å²) in [6.07, 6.45) is 1.98. The average molecular weight is 689 g/mol. The van der Waals surface area contributed by atoms with Gasteiger partial charge in [-0.25, -0.2) is 17.2 Å². The van der Waals surface area contributed by atoms with Gasteiger partial charge in [-0.15, -0.1) is 0 Å². The highest BCUT2D eigenvalue weighted by molar-refractivity contribution is 7.90. The highest BCUT2D eigenvalue weighted by Gasteiger charge is 2.35. The summed E-state index contributed by atoms with van der Waals surface area (Å²) in [7, 11) is 0.122. The third kappa shape index (κ3) is 7.47. The molecular formula is C36H48N8O4S. The zero-order valence-corrected chi connectivity index (χ0v) is 30.4. The number of likely N-dealkylation sites (tertiary alicyclic amines) is 1. The van der Waals surface area contributed by atoms with Crippen LogP contribution in [0.5, 0.6) is 0 Å². The molecule has 1 amide bonds. The van der Waals surface area contributed by atoms with Crippen molar-refractivity contribution in [2.24, 2.45) is 5.92 Å². The maximum atomic E-state index is 14.0. The van der Waals surface area contributed by atoms with Crippen LogP contribution in [0.4, 0.5) is 27.9 Å². The molecule has 0 unspecified atom stereocenters. The topological polar surface area (TPSA) is 116 Å². The van der Waals surface area contributed by atoms with Gasteiger partial charge in [0.2, 0.25) is 5.95 Å². The van der Waals surface area contributed by atoms with Crippen LogP contribution in [0.2, 0.25) is 0 Å². The normalized spacial score (nSPS) is 19.2. The summed E-state index contributed by atoms with van der Waals surface area (Å²) in [4.78, 5) is 31.5. The molecule has 0 radical (unpaired) electrons. The molecule has 262 valence electrons. The van der Waals surface area contributed by atoms with Crippen LogP contribution in [-0.2, 0) is 14.8 Å². The number of aromatic nitrogens is 3. The lowest BCUT2D eigenvalue weighted by Gasteiger charge is -2.42. The molecule has 4 heterocycles. The number of anilines is 4. The molecule has 2 aliphatic heterocycles. The quantitative estimate of drug-likeness (QED) is 0.265. The maximum absolute atomic E-state index is 14.0. The minimum absolute atomic E-state index is 0.104. The van der Waals surface area contributed by atoms with Crippen LogP contribution in [0.3, 0.4) is 0 Å². The van der Waals surface area contributed by atoms with Crippen LogP contribution in [0.1, 0.15) is 39.7 Å². The summed E-state index contributed by atoms with van der Waals surface area (Å²) in [5, 5.41) is 3.94. The summed E-state index contributed by atoms with van der Waals surface area (Å²) >= 11 is 0. The predicted octanol–water partition coefficient (Wildman–Crippen LogP) is 5.55. The Kier molecular flexibility index (Phi) is 9.51. The van der Waals surface area contributed by atoms with Gasteiger partial charge < -0.3 is 29.7 Å². The molecule has 13 heteroatoms. The number of nitrogens with zero attached hydrogens (tertiary/aromatic N) is 7. The fourth-order valence-electron chi connectivity index (χ4n) is 6.47. The van der Waals surface area contributed by atoms with Gasteiger partial charge in [-0.1, -0.05) is 24.6 Å². The van der Waals surface area contributed by atoms with Gasteiger partial charge in [-0.3, -0.25) is 0 Å². The molecule has 2 fully saturated rings. The third-order valence-corrected chi connectivity index (χ3v) is 11.1. The van der Waals surface area contributed by atoms with Gasteiger partial charge in [0.05, 0.1) is 16.3 Å². The van der Waals surface area contributed by atoms with Crippen molar-refractivity contribution in [1.29, 1.82) is 0 Å². The summed E-state index contributed by atoms with van der Waals surface area (Å²) in [5.41, 5.74) is 2.56. The van der Waals surface area contributed by atoms with Crippen LogP contribution in [0, 0.1) is 12.8 Å². The lowest BCUT2D eigenvalue weighted by molar-refractivity contribution is 0.0165. The van der Waals surface area contributed by atoms with Crippen molar-refractivity contribution >= 4 is 50.3 Å². The van der Waals surface area contributed by atoms with Gasteiger partial charge >= 0.3 is 6.09 Å². The lowest BCUT2D eigenvalue weighted by Crippen LogP contribution is -2.53. The number of benzene rings is 2. The van der Waals surface area contributed by atoms with Crippen molar-refractivity contribution < 1.29 is 17.9 Å². The Morgan fingerprint density at radius 2 is 1.63 bits per heavy atom. The number of aryl methyl sites for hydroxylation is 1. The van der Waals surface area contributed by atoms with Crippen LogP contribution in [0.15, 0.2) is 65.7 Å². The Morgan fingerprint density at radius 1 is 0.959 bits per heavy atom. The van der Waals surface area contributed by atoms with Gasteiger partial charge in [0.15, 0.2) is 5.65 Å². The number of amides is 1. The largest absolute Gasteiger partial charge is 0.444 e. The van der Waals surface area contributed by atoms with E-state index in [9.17, 15) is 13.2 Å². The predicted molar refractivity (Wildman–Crippen MR) is 195 cm³/mol. The fourth-order valence-corrected chi connectivity index (χ4v) is 7.77. The van der Waals surface area contributed by atoms with E-state index in [4.69, 9.17) is 14.7 Å². The third-order valence-electron chi connectivity index (χ3n) is 9.46. The van der Waals surface area contributed by atoms with E-state index in [1.54, 1.807) is 35.2 Å². The minimum atomic E-state index is -3.96. The monoisotopic (exact) mass is 688 g/mol. The number of hydrogen-bond acceptors (Lipinski definition) is 10. The molecular weight excluding hydrogens is 641 g/mol.